The number of benzene rings is 2. The van der Waals surface area contributed by atoms with E-state index in [0.29, 0.717) is 17.7 Å². The maximum Gasteiger partial charge on any atom is 0.406 e. The molecule has 0 bridgehead atoms. The molecule has 2 nitrogen and oxygen atoms in total. The average molecular weight is 382 g/mol. The van der Waals surface area contributed by atoms with E-state index in [1.165, 1.54) is 24.3 Å². The van der Waals surface area contributed by atoms with Crippen LogP contribution in [0.25, 0.3) is 0 Å². The van der Waals surface area contributed by atoms with Crippen molar-refractivity contribution in [2.24, 2.45) is 0 Å². The van der Waals surface area contributed by atoms with E-state index >= 15 is 0 Å². The van der Waals surface area contributed by atoms with Crippen molar-refractivity contribution in [2.45, 2.75) is 44.6 Å². The molecular formula is C20H22F3O2P. The smallest absolute Gasteiger partial charge is 0.406 e. The summed E-state index contributed by atoms with van der Waals surface area (Å²) in [5, 5.41) is 0.196. The summed E-state index contributed by atoms with van der Waals surface area (Å²) in [5.74, 6) is -3.91. The van der Waals surface area contributed by atoms with Gasteiger partial charge in [0.2, 0.25) is 5.78 Å². The van der Waals surface area contributed by atoms with E-state index in [-0.39, 0.29) is 11.1 Å². The first-order chi connectivity index (χ1) is 12.4. The fourth-order valence-corrected chi connectivity index (χ4v) is 3.22. The van der Waals surface area contributed by atoms with Crippen molar-refractivity contribution in [1.82, 2.24) is 0 Å². The molecule has 0 amide bonds. The van der Waals surface area contributed by atoms with Gasteiger partial charge in [-0.3, -0.25) is 4.79 Å². The van der Waals surface area contributed by atoms with E-state index in [0.717, 1.165) is 19.3 Å². The van der Waals surface area contributed by atoms with Gasteiger partial charge in [0.1, 0.15) is 5.75 Å². The lowest BCUT2D eigenvalue weighted by molar-refractivity contribution is -0.0359. The molecule has 0 saturated carbocycles. The molecule has 0 saturated heterocycles. The number of unbranched alkanes of at least 4 members (excludes halogenated alkanes) is 2. The molecule has 0 aromatic heterocycles. The molecular weight excluding hydrogens is 360 g/mol. The van der Waals surface area contributed by atoms with Gasteiger partial charge in [-0.25, -0.2) is 0 Å². The monoisotopic (exact) mass is 382 g/mol. The zero-order valence-electron chi connectivity index (χ0n) is 14.6. The highest BCUT2D eigenvalue weighted by Gasteiger charge is 2.27. The molecule has 140 valence electrons. The van der Waals surface area contributed by atoms with E-state index in [9.17, 15) is 18.0 Å². The molecule has 0 aliphatic heterocycles. The highest BCUT2D eigenvalue weighted by Crippen LogP contribution is 2.35. The summed E-state index contributed by atoms with van der Waals surface area (Å²) in [6.45, 7) is 2.08. The summed E-state index contributed by atoms with van der Waals surface area (Å²) >= 11 is 0. The number of Topliss-reactive ketones (excluding diaryl/α,β-unsaturated/α-hetero) is 1. The number of carbonyl (C=O) groups is 1. The van der Waals surface area contributed by atoms with Crippen molar-refractivity contribution in [3.8, 4) is 5.75 Å². The molecule has 0 spiro atoms. The second kappa shape index (κ2) is 9.72. The van der Waals surface area contributed by atoms with Crippen LogP contribution in [0.5, 0.6) is 5.75 Å². The van der Waals surface area contributed by atoms with Crippen LogP contribution in [0.4, 0.5) is 13.2 Å². The van der Waals surface area contributed by atoms with Gasteiger partial charge in [-0.2, -0.15) is 13.2 Å². The number of ketones is 1. The lowest BCUT2D eigenvalue weighted by Gasteiger charge is -2.18. The molecule has 0 N–H and O–H groups in total. The van der Waals surface area contributed by atoms with Crippen LogP contribution < -0.4 is 10.0 Å². The van der Waals surface area contributed by atoms with Gasteiger partial charge < -0.3 is 4.74 Å². The summed E-state index contributed by atoms with van der Waals surface area (Å²) in [5.41, 5.74) is 0.573. The number of hydrogen-bond acceptors (Lipinski definition) is 2. The predicted octanol–water partition coefficient (Wildman–Crippen LogP) is 5.72. The minimum Gasteiger partial charge on any atom is -0.482 e. The molecule has 2 unspecified atom stereocenters. The van der Waals surface area contributed by atoms with Crippen molar-refractivity contribution in [2.75, 3.05) is 0 Å². The zero-order chi connectivity index (χ0) is 19.0. The lowest BCUT2D eigenvalue weighted by atomic mass is 10.0. The molecule has 2 aromatic carbocycles. The third kappa shape index (κ3) is 6.80. The number of alkyl halides is 3. The van der Waals surface area contributed by atoms with Gasteiger partial charge in [0.15, 0.2) is 6.10 Å². The van der Waals surface area contributed by atoms with Crippen LogP contribution >= 0.6 is 8.58 Å². The second-order valence-corrected chi connectivity index (χ2v) is 7.37. The first-order valence-electron chi connectivity index (χ1n) is 8.60. The minimum atomic E-state index is -4.21. The predicted molar refractivity (Wildman–Crippen MR) is 99.8 cm³/mol. The van der Waals surface area contributed by atoms with E-state index in [4.69, 9.17) is 4.74 Å². The summed E-state index contributed by atoms with van der Waals surface area (Å²) in [4.78, 5) is 12.7. The van der Waals surface area contributed by atoms with Gasteiger partial charge >= 0.3 is 5.92 Å². The Balaban J connectivity index is 2.09. The molecule has 26 heavy (non-hydrogen) atoms. The first-order valence-corrected chi connectivity index (χ1v) is 9.60. The van der Waals surface area contributed by atoms with Crippen LogP contribution in [0.1, 0.15) is 43.0 Å². The van der Waals surface area contributed by atoms with Crippen LogP contribution in [-0.2, 0) is 0 Å². The largest absolute Gasteiger partial charge is 0.482 e. The van der Waals surface area contributed by atoms with Gasteiger partial charge in [0.05, 0.1) is 0 Å². The van der Waals surface area contributed by atoms with Gasteiger partial charge in [-0.05, 0) is 30.3 Å². The summed E-state index contributed by atoms with van der Waals surface area (Å²) in [7, 11) is -1.24. The second-order valence-electron chi connectivity index (χ2n) is 5.98. The topological polar surface area (TPSA) is 26.3 Å². The maximum absolute atomic E-state index is 12.7. The highest BCUT2D eigenvalue weighted by molar-refractivity contribution is 7.48. The van der Waals surface area contributed by atoms with Crippen molar-refractivity contribution >= 4 is 19.7 Å². The van der Waals surface area contributed by atoms with Crippen molar-refractivity contribution in [3.05, 3.63) is 60.2 Å². The first kappa shape index (κ1) is 20.4. The van der Waals surface area contributed by atoms with Crippen LogP contribution in [0.2, 0.25) is 0 Å². The van der Waals surface area contributed by atoms with Crippen LogP contribution in [0.3, 0.4) is 0 Å². The number of hydrogen-bond donors (Lipinski definition) is 0. The number of halogens is 3. The molecule has 0 aliphatic carbocycles. The van der Waals surface area contributed by atoms with Gasteiger partial charge in [-0.1, -0.05) is 62.2 Å². The van der Waals surface area contributed by atoms with Gasteiger partial charge in [-0.15, -0.1) is 0 Å². The Morgan fingerprint density at radius 1 is 1.04 bits per heavy atom. The van der Waals surface area contributed by atoms with Crippen LogP contribution in [0, 0.1) is 0 Å². The normalized spacial score (nSPS) is 13.1. The molecule has 2 rings (SSSR count). The fraction of sp³-hybridized carbons (Fsp3) is 0.350. The third-order valence-corrected chi connectivity index (χ3v) is 4.74. The van der Waals surface area contributed by atoms with Crippen LogP contribution in [-0.4, -0.2) is 17.8 Å². The van der Waals surface area contributed by atoms with E-state index in [2.05, 4.69) is 6.92 Å². The number of ether oxygens (including phenoxy) is 1. The standard InChI is InChI=1S/C20H22F3O2P/c1-2-3-5-10-18(19(24)15-8-6-4-7-9-15)25-16-11-13-17(14-12-16)26-20(21,22)23/h4,6-9,11-14,18,26H,2-3,5,10H2,1H3. The highest BCUT2D eigenvalue weighted by atomic mass is 31.1. The molecule has 2 aromatic rings. The van der Waals surface area contributed by atoms with Gasteiger partial charge in [0.25, 0.3) is 0 Å². The van der Waals surface area contributed by atoms with E-state index in [1.807, 2.05) is 6.07 Å². The Hall–Kier alpha value is -1.87. The summed E-state index contributed by atoms with van der Waals surface area (Å²) < 4.78 is 43.2. The van der Waals surface area contributed by atoms with Crippen molar-refractivity contribution in [3.63, 3.8) is 0 Å². The molecule has 0 fully saturated rings. The Kier molecular flexibility index (Phi) is 7.65. The molecule has 0 heterocycles. The Labute approximate surface area is 153 Å². The van der Waals surface area contributed by atoms with Crippen LogP contribution in [0.15, 0.2) is 54.6 Å². The Morgan fingerprint density at radius 2 is 1.69 bits per heavy atom. The molecule has 0 aliphatic rings. The Bertz CT molecular complexity index is 684. The molecule has 2 atom stereocenters. The Morgan fingerprint density at radius 3 is 2.27 bits per heavy atom. The quantitative estimate of drug-likeness (QED) is 0.315. The van der Waals surface area contributed by atoms with Crippen molar-refractivity contribution in [1.29, 1.82) is 0 Å². The summed E-state index contributed by atoms with van der Waals surface area (Å²) in [6, 6.07) is 14.7. The van der Waals surface area contributed by atoms with E-state index < -0.39 is 20.6 Å². The van der Waals surface area contributed by atoms with Crippen molar-refractivity contribution < 1.29 is 22.7 Å². The summed E-state index contributed by atoms with van der Waals surface area (Å²) in [6.07, 6.45) is 2.81. The fourth-order valence-electron chi connectivity index (χ4n) is 2.56. The maximum atomic E-state index is 12.7. The number of rotatable bonds is 9. The third-order valence-electron chi connectivity index (χ3n) is 3.84. The number of carbonyl (C=O) groups excluding carboxylic acids is 1. The SMILES string of the molecule is CCCCCC(Oc1ccc(PC(F)(F)F)cc1)C(=O)c1ccccc1. The lowest BCUT2D eigenvalue weighted by Crippen LogP contribution is -2.27. The average Bonchev–Trinajstić information content (AvgIpc) is 2.61. The van der Waals surface area contributed by atoms with Gasteiger partial charge in [0, 0.05) is 14.1 Å². The molecule has 0 radical (unpaired) electrons. The minimum absolute atomic E-state index is 0.108. The van der Waals surface area contributed by atoms with E-state index in [1.54, 1.807) is 24.3 Å². The zero-order valence-corrected chi connectivity index (χ0v) is 15.6. The molecule has 6 heteroatoms.